The molecular formula is C19H36IN7OS. The van der Waals surface area contributed by atoms with Crippen molar-refractivity contribution in [1.29, 1.82) is 0 Å². The second-order valence-electron chi connectivity index (χ2n) is 7.63. The summed E-state index contributed by atoms with van der Waals surface area (Å²) in [7, 11) is 1.99. The largest absolute Gasteiger partial charge is 0.379 e. The van der Waals surface area contributed by atoms with Gasteiger partial charge in [0.15, 0.2) is 11.8 Å². The number of thioether (sulfide) groups is 1. The summed E-state index contributed by atoms with van der Waals surface area (Å²) < 4.78 is 7.42. The number of aryl methyl sites for hydroxylation is 1. The monoisotopic (exact) mass is 537 g/mol. The number of hydrogen-bond donors (Lipinski definition) is 2. The van der Waals surface area contributed by atoms with Gasteiger partial charge in [-0.1, -0.05) is 0 Å². The summed E-state index contributed by atoms with van der Waals surface area (Å²) in [6.45, 7) is 8.32. The summed E-state index contributed by atoms with van der Waals surface area (Å²) in [5.41, 5.74) is 0. The molecular weight excluding hydrogens is 501 g/mol. The Morgan fingerprint density at radius 3 is 2.72 bits per heavy atom. The first-order valence-corrected chi connectivity index (χ1v) is 11.7. The Labute approximate surface area is 196 Å². The van der Waals surface area contributed by atoms with Crippen LogP contribution in [0.2, 0.25) is 0 Å². The maximum Gasteiger partial charge on any atom is 0.191 e. The van der Waals surface area contributed by atoms with E-state index in [2.05, 4.69) is 32.0 Å². The van der Waals surface area contributed by atoms with E-state index >= 15 is 0 Å². The first kappa shape index (κ1) is 24.7. The number of nitrogens with one attached hydrogen (secondary N) is 2. The Balaban J connectivity index is 0.00000300. The Kier molecular flexibility index (Phi) is 11.0. The molecule has 0 radical (unpaired) electrons. The molecule has 0 amide bonds. The van der Waals surface area contributed by atoms with Gasteiger partial charge >= 0.3 is 0 Å². The number of rotatable bonds is 8. The fraction of sp³-hybridized carbons (Fsp3) is 0.842. The van der Waals surface area contributed by atoms with Gasteiger partial charge in [0.1, 0.15) is 12.4 Å². The van der Waals surface area contributed by atoms with E-state index in [9.17, 15) is 0 Å². The lowest BCUT2D eigenvalue weighted by molar-refractivity contribution is 0.0376. The van der Waals surface area contributed by atoms with Crippen molar-refractivity contribution in [3.8, 4) is 0 Å². The molecule has 2 unspecified atom stereocenters. The third-order valence-electron chi connectivity index (χ3n) is 5.67. The first-order chi connectivity index (χ1) is 13.7. The van der Waals surface area contributed by atoms with E-state index in [1.54, 1.807) is 0 Å². The molecule has 1 aliphatic carbocycles. The number of morpholine rings is 1. The highest BCUT2D eigenvalue weighted by molar-refractivity contribution is 14.0. The normalized spacial score (nSPS) is 23.1. The minimum absolute atomic E-state index is 0. The fourth-order valence-electron chi connectivity index (χ4n) is 3.70. The molecule has 2 N–H and O–H groups in total. The van der Waals surface area contributed by atoms with Crippen LogP contribution in [0.3, 0.4) is 0 Å². The lowest BCUT2D eigenvalue weighted by atomic mass is 10.2. The molecule has 0 aromatic carbocycles. The highest BCUT2D eigenvalue weighted by Crippen LogP contribution is 2.28. The molecule has 2 heterocycles. The van der Waals surface area contributed by atoms with Gasteiger partial charge in [0.25, 0.3) is 0 Å². The lowest BCUT2D eigenvalue weighted by Crippen LogP contribution is -2.44. The predicted octanol–water partition coefficient (Wildman–Crippen LogP) is 1.78. The highest BCUT2D eigenvalue weighted by atomic mass is 127. The molecule has 3 rings (SSSR count). The van der Waals surface area contributed by atoms with Crippen molar-refractivity contribution in [2.75, 3.05) is 45.6 Å². The number of nitrogens with zero attached hydrogens (tertiary/aromatic N) is 5. The van der Waals surface area contributed by atoms with E-state index in [-0.39, 0.29) is 24.0 Å². The smallest absolute Gasteiger partial charge is 0.191 e. The van der Waals surface area contributed by atoms with Crippen LogP contribution in [0.25, 0.3) is 0 Å². The maximum atomic E-state index is 5.42. The molecule has 29 heavy (non-hydrogen) atoms. The zero-order valence-corrected chi connectivity index (χ0v) is 21.0. The van der Waals surface area contributed by atoms with Crippen molar-refractivity contribution < 1.29 is 4.74 Å². The van der Waals surface area contributed by atoms with E-state index in [1.165, 1.54) is 19.3 Å². The minimum Gasteiger partial charge on any atom is -0.379 e. The molecule has 1 aromatic heterocycles. The van der Waals surface area contributed by atoms with Crippen LogP contribution in [0.1, 0.15) is 37.3 Å². The maximum absolute atomic E-state index is 5.42. The number of aromatic nitrogens is 3. The van der Waals surface area contributed by atoms with Crippen LogP contribution >= 0.6 is 35.7 Å². The molecule has 0 spiro atoms. The van der Waals surface area contributed by atoms with Gasteiger partial charge < -0.3 is 19.9 Å². The summed E-state index contributed by atoms with van der Waals surface area (Å²) in [5.74, 6) is 2.70. The Hall–Kier alpha value is -0.590. The fourth-order valence-corrected chi connectivity index (χ4v) is 4.50. The Bertz CT molecular complexity index is 636. The van der Waals surface area contributed by atoms with Crippen LogP contribution in [0.15, 0.2) is 4.99 Å². The zero-order chi connectivity index (χ0) is 19.8. The third-order valence-corrected chi connectivity index (χ3v) is 6.76. The number of ether oxygens (including phenoxy) is 1. The van der Waals surface area contributed by atoms with E-state index in [0.717, 1.165) is 68.7 Å². The average Bonchev–Trinajstić information content (AvgIpc) is 3.30. The van der Waals surface area contributed by atoms with Crippen LogP contribution in [0, 0.1) is 6.92 Å². The first-order valence-electron chi connectivity index (χ1n) is 10.4. The molecule has 2 aliphatic rings. The predicted molar refractivity (Wildman–Crippen MR) is 130 cm³/mol. The quantitative estimate of drug-likeness (QED) is 0.227. The van der Waals surface area contributed by atoms with Crippen LogP contribution < -0.4 is 10.6 Å². The molecule has 1 aromatic rings. The van der Waals surface area contributed by atoms with Crippen molar-refractivity contribution in [3.05, 3.63) is 11.6 Å². The molecule has 2 atom stereocenters. The summed E-state index contributed by atoms with van der Waals surface area (Å²) in [6.07, 6.45) is 7.01. The van der Waals surface area contributed by atoms with Gasteiger partial charge in [-0.05, 0) is 45.4 Å². The van der Waals surface area contributed by atoms with Gasteiger partial charge in [-0.2, -0.15) is 11.8 Å². The average molecular weight is 538 g/mol. The second-order valence-corrected chi connectivity index (χ2v) is 8.77. The van der Waals surface area contributed by atoms with Crippen molar-refractivity contribution in [2.45, 2.75) is 50.4 Å². The van der Waals surface area contributed by atoms with Crippen LogP contribution in [0.5, 0.6) is 0 Å². The molecule has 166 valence electrons. The standard InChI is InChI=1S/C19H35N7OS.HI/c1-15-23-24-18(25(15)2)14-21-19(22-16-5-6-17(13-16)28-3)20-7-4-8-26-9-11-27-12-10-26;/h16-17H,4-14H2,1-3H3,(H2,20,21,22);1H. The lowest BCUT2D eigenvalue weighted by Gasteiger charge is -2.26. The minimum atomic E-state index is 0. The summed E-state index contributed by atoms with van der Waals surface area (Å²) in [5, 5.41) is 16.3. The Morgan fingerprint density at radius 1 is 1.28 bits per heavy atom. The molecule has 2 fully saturated rings. The molecule has 1 saturated heterocycles. The zero-order valence-electron chi connectivity index (χ0n) is 17.9. The number of aliphatic imine (C=N–C) groups is 1. The van der Waals surface area contributed by atoms with E-state index in [4.69, 9.17) is 9.73 Å². The summed E-state index contributed by atoms with van der Waals surface area (Å²) in [4.78, 5) is 7.27. The van der Waals surface area contributed by atoms with E-state index < -0.39 is 0 Å². The van der Waals surface area contributed by atoms with Crippen LogP contribution in [0.4, 0.5) is 0 Å². The number of guanidine groups is 1. The highest BCUT2D eigenvalue weighted by Gasteiger charge is 2.24. The molecule has 0 bridgehead atoms. The third kappa shape index (κ3) is 7.87. The topological polar surface area (TPSA) is 79.6 Å². The van der Waals surface area contributed by atoms with Crippen molar-refractivity contribution >= 4 is 41.7 Å². The van der Waals surface area contributed by atoms with Crippen LogP contribution in [-0.2, 0) is 18.3 Å². The van der Waals surface area contributed by atoms with Gasteiger partial charge in [0.05, 0.1) is 13.2 Å². The molecule has 1 saturated carbocycles. The van der Waals surface area contributed by atoms with Crippen molar-refractivity contribution in [3.63, 3.8) is 0 Å². The van der Waals surface area contributed by atoms with Gasteiger partial charge in [-0.25, -0.2) is 4.99 Å². The van der Waals surface area contributed by atoms with E-state index in [0.29, 0.717) is 12.6 Å². The number of halogens is 1. The molecule has 8 nitrogen and oxygen atoms in total. The molecule has 1 aliphatic heterocycles. The van der Waals surface area contributed by atoms with E-state index in [1.807, 2.05) is 30.3 Å². The summed E-state index contributed by atoms with van der Waals surface area (Å²) >= 11 is 1.98. The molecule has 10 heteroatoms. The second kappa shape index (κ2) is 13.0. The van der Waals surface area contributed by atoms with Gasteiger partial charge in [-0.15, -0.1) is 34.2 Å². The van der Waals surface area contributed by atoms with Gasteiger partial charge in [0.2, 0.25) is 0 Å². The number of hydrogen-bond acceptors (Lipinski definition) is 6. The van der Waals surface area contributed by atoms with Gasteiger partial charge in [0, 0.05) is 38.0 Å². The van der Waals surface area contributed by atoms with Crippen molar-refractivity contribution in [2.24, 2.45) is 12.0 Å². The van der Waals surface area contributed by atoms with Crippen molar-refractivity contribution in [1.82, 2.24) is 30.3 Å². The Morgan fingerprint density at radius 2 is 2.07 bits per heavy atom. The van der Waals surface area contributed by atoms with Crippen LogP contribution in [-0.4, -0.2) is 82.6 Å². The SMILES string of the molecule is CSC1CCC(NC(=NCc2nnc(C)n2C)NCCCN2CCOCC2)C1.I. The van der Waals surface area contributed by atoms with Gasteiger partial charge in [-0.3, -0.25) is 4.90 Å². The summed E-state index contributed by atoms with van der Waals surface area (Å²) in [6, 6.07) is 0.504.